The van der Waals surface area contributed by atoms with E-state index in [1.807, 2.05) is 31.2 Å². The van der Waals surface area contributed by atoms with Crippen LogP contribution in [0, 0.1) is 6.92 Å². The number of ketones is 1. The fraction of sp³-hybridized carbons (Fsp3) is 0.286. The van der Waals surface area contributed by atoms with Crippen LogP contribution in [-0.2, 0) is 6.42 Å². The molecule has 28 heavy (non-hydrogen) atoms. The van der Waals surface area contributed by atoms with Crippen molar-refractivity contribution < 1.29 is 4.79 Å². The Morgan fingerprint density at radius 3 is 2.89 bits per heavy atom. The van der Waals surface area contributed by atoms with Crippen molar-refractivity contribution in [3.05, 3.63) is 63.7 Å². The smallest absolute Gasteiger partial charge is 0.191 e. The average molecular weight is 409 g/mol. The van der Waals surface area contributed by atoms with Gasteiger partial charge in [-0.05, 0) is 37.3 Å². The van der Waals surface area contributed by atoms with Gasteiger partial charge in [0.2, 0.25) is 0 Å². The highest BCUT2D eigenvalue weighted by atomic mass is 32.2. The number of aromatic nitrogens is 4. The number of H-pyrrole nitrogens is 1. The molecule has 4 aromatic rings. The van der Waals surface area contributed by atoms with Crippen molar-refractivity contribution >= 4 is 39.8 Å². The highest BCUT2D eigenvalue weighted by Gasteiger charge is 2.30. The van der Waals surface area contributed by atoms with Gasteiger partial charge in [-0.3, -0.25) is 4.79 Å². The van der Waals surface area contributed by atoms with Crippen molar-refractivity contribution in [3.8, 4) is 0 Å². The quantitative estimate of drug-likeness (QED) is 0.344. The van der Waals surface area contributed by atoms with Crippen LogP contribution in [0.1, 0.15) is 45.6 Å². The lowest BCUT2D eigenvalue weighted by Crippen LogP contribution is -2.07. The molecule has 3 aromatic heterocycles. The van der Waals surface area contributed by atoms with Crippen LogP contribution >= 0.6 is 23.1 Å². The number of rotatable bonds is 7. The Bertz CT molecular complexity index is 1140. The summed E-state index contributed by atoms with van der Waals surface area (Å²) in [4.78, 5) is 17.6. The first-order chi connectivity index (χ1) is 13.7. The molecule has 1 aromatic carbocycles. The molecular weight excluding hydrogens is 388 g/mol. The molecule has 0 radical (unpaired) electrons. The Balaban J connectivity index is 1.37. The number of benzene rings is 1. The first kappa shape index (κ1) is 17.7. The maximum atomic E-state index is 13.0. The number of aromatic amines is 1. The van der Waals surface area contributed by atoms with Crippen LogP contribution in [-0.4, -0.2) is 31.3 Å². The summed E-state index contributed by atoms with van der Waals surface area (Å²) < 4.78 is 2.25. The lowest BCUT2D eigenvalue weighted by Gasteiger charge is -2.08. The first-order valence-corrected chi connectivity index (χ1v) is 11.3. The maximum Gasteiger partial charge on any atom is 0.191 e. The van der Waals surface area contributed by atoms with Crippen molar-refractivity contribution in [2.24, 2.45) is 0 Å². The molecule has 7 heteroatoms. The third-order valence-electron chi connectivity index (χ3n) is 5.06. The van der Waals surface area contributed by atoms with E-state index < -0.39 is 0 Å². The zero-order chi connectivity index (χ0) is 19.1. The summed E-state index contributed by atoms with van der Waals surface area (Å²) >= 11 is 3.24. The highest BCUT2D eigenvalue weighted by molar-refractivity contribution is 7.99. The molecule has 0 bridgehead atoms. The van der Waals surface area contributed by atoms with E-state index >= 15 is 0 Å². The van der Waals surface area contributed by atoms with Gasteiger partial charge >= 0.3 is 0 Å². The lowest BCUT2D eigenvalue weighted by molar-refractivity contribution is 0.102. The summed E-state index contributed by atoms with van der Waals surface area (Å²) in [5.41, 5.74) is 2.72. The van der Waals surface area contributed by atoms with Crippen LogP contribution in [0.3, 0.4) is 0 Å². The van der Waals surface area contributed by atoms with Gasteiger partial charge in [0, 0.05) is 39.5 Å². The molecule has 3 heterocycles. The minimum absolute atomic E-state index is 0.130. The van der Waals surface area contributed by atoms with E-state index in [-0.39, 0.29) is 5.78 Å². The monoisotopic (exact) mass is 408 g/mol. The van der Waals surface area contributed by atoms with Crippen molar-refractivity contribution in [2.75, 3.05) is 5.75 Å². The standard InChI is InChI=1S/C21H20N4OS2/c1-13-20(16-6-2-3-7-17(16)22-13)18(26)12-28-21-24-23-19(25(21)14-8-9-14)11-15-5-4-10-27-15/h2-7,10,14,22H,8-9,11-12H2,1H3. The van der Waals surface area contributed by atoms with E-state index in [0.717, 1.165) is 39.6 Å². The fourth-order valence-electron chi connectivity index (χ4n) is 3.63. The van der Waals surface area contributed by atoms with E-state index in [9.17, 15) is 4.79 Å². The molecule has 1 saturated carbocycles. The molecule has 1 aliphatic carbocycles. The largest absolute Gasteiger partial charge is 0.358 e. The van der Waals surface area contributed by atoms with Gasteiger partial charge in [-0.15, -0.1) is 21.5 Å². The summed E-state index contributed by atoms with van der Waals surface area (Å²) in [5.74, 6) is 1.50. The molecule has 0 atom stereocenters. The number of Topliss-reactive ketones (excluding diaryl/α,β-unsaturated/α-hetero) is 1. The van der Waals surface area contributed by atoms with Gasteiger partial charge in [-0.25, -0.2) is 0 Å². The molecule has 142 valence electrons. The maximum absolute atomic E-state index is 13.0. The zero-order valence-corrected chi connectivity index (χ0v) is 17.1. The van der Waals surface area contributed by atoms with Crippen molar-refractivity contribution in [2.45, 2.75) is 37.4 Å². The van der Waals surface area contributed by atoms with Crippen LogP contribution in [0.15, 0.2) is 46.9 Å². The summed E-state index contributed by atoms with van der Waals surface area (Å²) in [6, 6.07) is 12.6. The van der Waals surface area contributed by atoms with Crippen LogP contribution in [0.2, 0.25) is 0 Å². The Labute approximate surface area is 171 Å². The number of nitrogens with one attached hydrogen (secondary N) is 1. The second-order valence-corrected chi connectivity index (χ2v) is 9.11. The molecule has 0 spiro atoms. The number of thiophene rings is 1. The van der Waals surface area contributed by atoms with Gasteiger partial charge in [0.1, 0.15) is 5.82 Å². The molecule has 1 N–H and O–H groups in total. The zero-order valence-electron chi connectivity index (χ0n) is 15.5. The number of carbonyl (C=O) groups excluding carboxylic acids is 1. The van der Waals surface area contributed by atoms with E-state index in [1.54, 1.807) is 11.3 Å². The van der Waals surface area contributed by atoms with E-state index in [2.05, 4.69) is 37.3 Å². The van der Waals surface area contributed by atoms with Crippen molar-refractivity contribution in [1.82, 2.24) is 19.7 Å². The second-order valence-electron chi connectivity index (χ2n) is 7.14. The minimum Gasteiger partial charge on any atom is -0.358 e. The van der Waals surface area contributed by atoms with Crippen molar-refractivity contribution in [1.29, 1.82) is 0 Å². The molecular formula is C21H20N4OS2. The Hall–Kier alpha value is -2.38. The molecule has 0 amide bonds. The number of nitrogens with zero attached hydrogens (tertiary/aromatic N) is 3. The number of fused-ring (bicyclic) bond motifs is 1. The summed E-state index contributed by atoms with van der Waals surface area (Å²) in [6.07, 6.45) is 3.13. The fourth-order valence-corrected chi connectivity index (χ4v) is 5.23. The van der Waals surface area contributed by atoms with E-state index in [4.69, 9.17) is 0 Å². The molecule has 0 aliphatic heterocycles. The number of hydrogen-bond acceptors (Lipinski definition) is 5. The Kier molecular flexibility index (Phi) is 4.56. The predicted octanol–water partition coefficient (Wildman–Crippen LogP) is 5.03. The van der Waals surface area contributed by atoms with E-state index in [0.29, 0.717) is 11.8 Å². The molecule has 0 unspecified atom stereocenters. The first-order valence-electron chi connectivity index (χ1n) is 9.40. The SMILES string of the molecule is Cc1[nH]c2ccccc2c1C(=O)CSc1nnc(Cc2cccs2)n1C1CC1. The number of aryl methyl sites for hydroxylation is 1. The highest BCUT2D eigenvalue weighted by Crippen LogP contribution is 2.39. The Morgan fingerprint density at radius 1 is 1.25 bits per heavy atom. The minimum atomic E-state index is 0.130. The normalized spacial score (nSPS) is 14.0. The van der Waals surface area contributed by atoms with Crippen LogP contribution in [0.25, 0.3) is 10.9 Å². The lowest BCUT2D eigenvalue weighted by atomic mass is 10.1. The summed E-state index contributed by atoms with van der Waals surface area (Å²) in [6.45, 7) is 1.96. The van der Waals surface area contributed by atoms with Crippen molar-refractivity contribution in [3.63, 3.8) is 0 Å². The predicted molar refractivity (Wildman–Crippen MR) is 114 cm³/mol. The van der Waals surface area contributed by atoms with Gasteiger partial charge in [-0.2, -0.15) is 0 Å². The number of thioether (sulfide) groups is 1. The van der Waals surface area contributed by atoms with Gasteiger partial charge < -0.3 is 9.55 Å². The topological polar surface area (TPSA) is 63.6 Å². The molecule has 5 nitrogen and oxygen atoms in total. The average Bonchev–Trinajstić information content (AvgIpc) is 3.11. The van der Waals surface area contributed by atoms with Gasteiger partial charge in [0.15, 0.2) is 10.9 Å². The molecule has 0 saturated heterocycles. The van der Waals surface area contributed by atoms with E-state index in [1.165, 1.54) is 29.5 Å². The molecule has 1 fully saturated rings. The number of hydrogen-bond donors (Lipinski definition) is 1. The van der Waals surface area contributed by atoms with Crippen LogP contribution < -0.4 is 0 Å². The summed E-state index contributed by atoms with van der Waals surface area (Å²) in [5, 5.41) is 12.8. The number of carbonyl (C=O) groups is 1. The van der Waals surface area contributed by atoms with Crippen LogP contribution in [0.5, 0.6) is 0 Å². The third-order valence-corrected chi connectivity index (χ3v) is 6.88. The van der Waals surface area contributed by atoms with Gasteiger partial charge in [0.05, 0.1) is 5.75 Å². The molecule has 1 aliphatic rings. The molecule has 5 rings (SSSR count). The Morgan fingerprint density at radius 2 is 2.11 bits per heavy atom. The van der Waals surface area contributed by atoms with Gasteiger partial charge in [0.25, 0.3) is 0 Å². The summed E-state index contributed by atoms with van der Waals surface area (Å²) in [7, 11) is 0. The third kappa shape index (κ3) is 3.29. The number of para-hydroxylation sites is 1. The van der Waals surface area contributed by atoms with Gasteiger partial charge in [-0.1, -0.05) is 36.0 Å². The van der Waals surface area contributed by atoms with Crippen LogP contribution in [0.4, 0.5) is 0 Å². The second kappa shape index (κ2) is 7.22.